The van der Waals surface area contributed by atoms with Gasteiger partial charge in [-0.25, -0.2) is 8.42 Å². The number of nitro groups is 1. The zero-order valence-electron chi connectivity index (χ0n) is 24.1. The summed E-state index contributed by atoms with van der Waals surface area (Å²) in [6.07, 6.45) is 4.68. The Kier molecular flexibility index (Phi) is 29.3. The van der Waals surface area contributed by atoms with E-state index in [0.29, 0.717) is 0 Å². The molecule has 0 aliphatic carbocycles. The van der Waals surface area contributed by atoms with Crippen molar-refractivity contribution in [1.82, 2.24) is 4.31 Å². The Bertz CT molecular complexity index is 1140. The highest BCUT2D eigenvalue weighted by Gasteiger charge is 2.39. The van der Waals surface area contributed by atoms with Crippen LogP contribution >= 0.6 is 168 Å². The van der Waals surface area contributed by atoms with Gasteiger partial charge >= 0.3 is 0 Å². The predicted molar refractivity (Wildman–Crippen MR) is 261 cm³/mol. The molecular weight excluding hydrogens is 1010 g/mol. The van der Waals surface area contributed by atoms with Crippen LogP contribution in [-0.2, 0) is 10.0 Å². The lowest BCUT2D eigenvalue weighted by molar-refractivity contribution is -0.387. The number of hydrogen-bond acceptors (Lipinski definition) is 4. The molecule has 0 heterocycles. The minimum atomic E-state index is -4.03. The highest BCUT2D eigenvalue weighted by Crippen LogP contribution is 3.28. The predicted octanol–water partition coefficient (Wildman–Crippen LogP) is 14.7. The monoisotopic (exact) mass is 1060 g/mol. The number of hydrogen-bond donors (Lipinski definition) is 0. The van der Waals surface area contributed by atoms with Gasteiger partial charge in [0.2, 0.25) is 10.0 Å². The molecule has 0 saturated carbocycles. The molecular formula is C17H43IN2O4P18S. The third kappa shape index (κ3) is 16.6. The molecule has 1 aromatic rings. The van der Waals surface area contributed by atoms with E-state index in [1.54, 1.807) is 0 Å². The van der Waals surface area contributed by atoms with Crippen LogP contribution < -0.4 is 0 Å². The Morgan fingerprint density at radius 3 is 1.70 bits per heavy atom. The van der Waals surface area contributed by atoms with Crippen LogP contribution in [0.4, 0.5) is 5.69 Å². The average Bonchev–Trinajstić information content (AvgIpc) is 2.88. The van der Waals surface area contributed by atoms with Gasteiger partial charge in [0.05, 0.1) is 11.0 Å². The quantitative estimate of drug-likeness (QED) is 0.0576. The summed E-state index contributed by atoms with van der Waals surface area (Å²) < 4.78 is 29.3. The van der Waals surface area contributed by atoms with Gasteiger partial charge in [0.1, 0.15) is 0 Å². The third-order valence-corrected chi connectivity index (χ3v) is 116. The molecule has 0 aliphatic rings. The van der Waals surface area contributed by atoms with Gasteiger partial charge in [-0.15, -0.1) is 89.3 Å². The van der Waals surface area contributed by atoms with Crippen LogP contribution in [0.1, 0.15) is 27.2 Å². The zero-order chi connectivity index (χ0) is 33.8. The summed E-state index contributed by atoms with van der Waals surface area (Å²) >= 11 is 2.09. The molecule has 10 unspecified atom stereocenters. The first-order valence-corrected chi connectivity index (χ1v) is 46.4. The van der Waals surface area contributed by atoms with Crippen LogP contribution in [0, 0.1) is 16.0 Å². The molecule has 0 amide bonds. The number of sulfonamides is 1. The van der Waals surface area contributed by atoms with Crippen molar-refractivity contribution in [3.63, 3.8) is 0 Å². The molecule has 0 bridgehead atoms. The van der Waals surface area contributed by atoms with E-state index in [-0.39, 0.29) is 66.7 Å². The Labute approximate surface area is 305 Å². The molecule has 12 atom stereocenters. The van der Waals surface area contributed by atoms with Gasteiger partial charge < -0.3 is 0 Å². The molecule has 0 fully saturated rings. The minimum absolute atomic E-state index is 0.0415. The summed E-state index contributed by atoms with van der Waals surface area (Å²) in [5.41, 5.74) is 0.497. The molecule has 6 nitrogen and oxygen atoms in total. The van der Waals surface area contributed by atoms with Crippen molar-refractivity contribution in [2.45, 2.75) is 38.1 Å². The Morgan fingerprint density at radius 2 is 1.35 bits per heavy atom. The first-order valence-electron chi connectivity index (χ1n) is 11.8. The summed E-state index contributed by atoms with van der Waals surface area (Å²) in [5, 5.41) is 11.2. The fourth-order valence-corrected chi connectivity index (χ4v) is 215. The number of allylic oxidation sites excluding steroid dienone is 1. The maximum absolute atomic E-state index is 13.1. The van der Waals surface area contributed by atoms with Crippen molar-refractivity contribution in [3.05, 3.63) is 56.2 Å². The molecule has 43 heavy (non-hydrogen) atoms. The number of para-hydroxylation sites is 1. The molecule has 0 N–H and O–H groups in total. The Hall–Kier alpha value is 6.48. The lowest BCUT2D eigenvalue weighted by Crippen LogP contribution is -2.41. The van der Waals surface area contributed by atoms with E-state index < -0.39 is 26.7 Å². The lowest BCUT2D eigenvalue weighted by Gasteiger charge is -2.43. The van der Waals surface area contributed by atoms with Gasteiger partial charge in [0.25, 0.3) is 5.69 Å². The van der Waals surface area contributed by atoms with Gasteiger partial charge in [-0.1, -0.05) is 66.3 Å². The van der Waals surface area contributed by atoms with Crippen LogP contribution in [0.2, 0.25) is 0 Å². The van der Waals surface area contributed by atoms with E-state index >= 15 is 0 Å². The summed E-state index contributed by atoms with van der Waals surface area (Å²) in [5.74, 6) is -0.0813. The molecule has 0 radical (unpaired) electrons. The van der Waals surface area contributed by atoms with E-state index in [9.17, 15) is 18.5 Å². The van der Waals surface area contributed by atoms with Crippen molar-refractivity contribution < 1.29 is 13.3 Å². The average molecular weight is 1060 g/mol. The molecule has 0 aliphatic heterocycles. The maximum atomic E-state index is 13.1. The molecule has 1 aromatic carbocycles. The second kappa shape index (κ2) is 25.5. The fourth-order valence-electron chi connectivity index (χ4n) is 3.69. The summed E-state index contributed by atoms with van der Waals surface area (Å²) in [6, 6.07) is 5.01. The number of halogens is 1. The van der Waals surface area contributed by atoms with Gasteiger partial charge in [-0.2, -0.15) is 4.31 Å². The molecule has 0 saturated heterocycles. The van der Waals surface area contributed by atoms with E-state index in [4.69, 9.17) is 0 Å². The Morgan fingerprint density at radius 1 is 0.930 bits per heavy atom. The number of nitro benzene ring substituents is 1. The number of likely N-dealkylation sites (N-methyl/N-ethyl adjacent to an activating group) is 1. The van der Waals surface area contributed by atoms with Gasteiger partial charge in [-0.05, 0) is 85.3 Å². The Balaban J connectivity index is 0.000000869. The second-order valence-corrected chi connectivity index (χ2v) is 81.4. The molecule has 0 aromatic heterocycles. The SMILES string of the molecule is CC/C=C(\C)[C@H]([C@@H](C)/C=C/I)N(C)S(=O)(=O)c1ccccc1[N+](=O)[O-].PP(P)P(P(P)P)P(P(P)P)P(P(P)P)P(P)P. The van der Waals surface area contributed by atoms with E-state index in [0.717, 1.165) is 12.0 Å². The number of benzene rings is 1. The number of rotatable bonds is 15. The van der Waals surface area contributed by atoms with Crippen molar-refractivity contribution in [2.24, 2.45) is 5.92 Å². The first kappa shape index (κ1) is 49.5. The normalized spacial score (nSPS) is 14.7. The molecule has 26 heteroatoms. The van der Waals surface area contributed by atoms with E-state index in [2.05, 4.69) is 112 Å². The molecule has 0 spiro atoms. The van der Waals surface area contributed by atoms with Crippen LogP contribution in [0.15, 0.2) is 51.0 Å². The smallest absolute Gasteiger partial charge is 0.258 e. The van der Waals surface area contributed by atoms with Crippen molar-refractivity contribution >= 4 is 183 Å². The van der Waals surface area contributed by atoms with E-state index in [1.807, 2.05) is 37.0 Å². The molecule has 248 valence electrons. The van der Waals surface area contributed by atoms with Crippen LogP contribution in [0.25, 0.3) is 0 Å². The highest BCUT2D eigenvalue weighted by molar-refractivity contribution is 14.1. The largest absolute Gasteiger partial charge is 0.289 e. The number of nitrogens with zero attached hydrogens (tertiary/aromatic N) is 2. The van der Waals surface area contributed by atoms with Crippen LogP contribution in [0.3, 0.4) is 0 Å². The summed E-state index contributed by atoms with van der Waals surface area (Å²) in [4.78, 5) is 10.3. The van der Waals surface area contributed by atoms with Crippen LogP contribution in [0.5, 0.6) is 0 Å². The fraction of sp³-hybridized carbons (Fsp3) is 0.412. The summed E-state index contributed by atoms with van der Waals surface area (Å²) in [7, 11) is 28.7. The third-order valence-electron chi connectivity index (χ3n) is 5.33. The van der Waals surface area contributed by atoms with Gasteiger partial charge in [-0.3, -0.25) is 10.1 Å². The standard InChI is InChI=1S/C17H23IN2O4S.H20P18/c1-5-8-13(2)17(14(3)11-12-18)19(4)25(23,24)16-10-7-6-9-15(16)20(21)22;1-11(2)16(12(3)4)18(15(9)10)17(13(5)6)14(7)8/h6-12,14,17H,5H2,1-4H3;1-10H2/b12-11+,13-8+;/t14-,17+;/m0./s1. The second-order valence-electron chi connectivity index (χ2n) is 8.43. The first-order chi connectivity index (χ1) is 19.8. The maximum Gasteiger partial charge on any atom is 0.289 e. The topological polar surface area (TPSA) is 80.5 Å². The minimum Gasteiger partial charge on any atom is -0.258 e. The summed E-state index contributed by atoms with van der Waals surface area (Å²) in [6.45, 7) is 6.50. The van der Waals surface area contributed by atoms with Crippen LogP contribution in [-0.4, -0.2) is 30.7 Å². The lowest BCUT2D eigenvalue weighted by atomic mass is 9.95. The van der Waals surface area contributed by atoms with Crippen molar-refractivity contribution in [1.29, 1.82) is 0 Å². The van der Waals surface area contributed by atoms with Gasteiger partial charge in [0, 0.05) is 13.1 Å². The molecule has 1 rings (SSSR count). The van der Waals surface area contributed by atoms with Gasteiger partial charge in [0.15, 0.2) is 4.90 Å². The van der Waals surface area contributed by atoms with E-state index in [1.165, 1.54) is 35.6 Å². The van der Waals surface area contributed by atoms with Crippen molar-refractivity contribution in [2.75, 3.05) is 7.05 Å². The highest BCUT2D eigenvalue weighted by atomic mass is 127. The zero-order valence-corrected chi connectivity index (χ0v) is 45.7. The van der Waals surface area contributed by atoms with Crippen molar-refractivity contribution in [3.8, 4) is 0 Å².